The van der Waals surface area contributed by atoms with Crippen LogP contribution in [0.2, 0.25) is 0 Å². The molecule has 0 N–H and O–H groups in total. The summed E-state index contributed by atoms with van der Waals surface area (Å²) >= 11 is 0.973. The number of halogens is 3. The highest BCUT2D eigenvalue weighted by molar-refractivity contribution is 7.98. The molecule has 0 bridgehead atoms. The van der Waals surface area contributed by atoms with Crippen molar-refractivity contribution >= 4 is 17.8 Å². The van der Waals surface area contributed by atoms with E-state index in [-0.39, 0.29) is 27.5 Å². The molecule has 0 aliphatic carbocycles. The summed E-state index contributed by atoms with van der Waals surface area (Å²) in [5.41, 5.74) is 0.293. The van der Waals surface area contributed by atoms with Gasteiger partial charge in [0.1, 0.15) is 40.3 Å². The van der Waals surface area contributed by atoms with E-state index in [2.05, 4.69) is 4.98 Å². The Hall–Kier alpha value is -3.48. The number of nitriles is 3. The van der Waals surface area contributed by atoms with Crippen molar-refractivity contribution < 1.29 is 17.9 Å². The molecule has 0 saturated carbocycles. The second-order valence-electron chi connectivity index (χ2n) is 5.76. The maximum absolute atomic E-state index is 13.1. The Kier molecular flexibility index (Phi) is 6.88. The summed E-state index contributed by atoms with van der Waals surface area (Å²) in [6.07, 6.45) is -3.23. The van der Waals surface area contributed by atoms with E-state index in [0.717, 1.165) is 17.8 Å². The van der Waals surface area contributed by atoms with Gasteiger partial charge in [-0.25, -0.2) is 4.98 Å². The lowest BCUT2D eigenvalue weighted by atomic mass is 10.1. The van der Waals surface area contributed by atoms with Crippen LogP contribution in [0.15, 0.2) is 34.9 Å². The molecule has 1 aromatic heterocycles. The Balaban J connectivity index is 2.42. The van der Waals surface area contributed by atoms with Crippen molar-refractivity contribution in [3.05, 3.63) is 57.8 Å². The van der Waals surface area contributed by atoms with Gasteiger partial charge in [0, 0.05) is 11.3 Å². The molecule has 2 rings (SSSR count). The molecule has 0 aliphatic rings. The van der Waals surface area contributed by atoms with E-state index in [1.807, 2.05) is 6.07 Å². The molecule has 0 amide bonds. The molecule has 2 aromatic rings. The Morgan fingerprint density at radius 2 is 1.90 bits per heavy atom. The van der Waals surface area contributed by atoms with Gasteiger partial charge in [-0.3, -0.25) is 0 Å². The van der Waals surface area contributed by atoms with Crippen molar-refractivity contribution in [2.45, 2.75) is 23.9 Å². The number of rotatable bonds is 5. The maximum Gasteiger partial charge on any atom is 0.433 e. The van der Waals surface area contributed by atoms with Gasteiger partial charge in [-0.2, -0.15) is 29.0 Å². The van der Waals surface area contributed by atoms with Crippen molar-refractivity contribution in [1.82, 2.24) is 4.98 Å². The van der Waals surface area contributed by atoms with Crippen molar-refractivity contribution in [2.24, 2.45) is 0 Å². The molecule has 5 nitrogen and oxygen atoms in total. The van der Waals surface area contributed by atoms with Gasteiger partial charge in [0.05, 0.1) is 12.7 Å². The monoisotopic (exact) mass is 414 g/mol. The van der Waals surface area contributed by atoms with Crippen LogP contribution in [-0.4, -0.2) is 12.1 Å². The van der Waals surface area contributed by atoms with E-state index in [1.54, 1.807) is 30.3 Å². The van der Waals surface area contributed by atoms with E-state index >= 15 is 0 Å². The zero-order valence-corrected chi connectivity index (χ0v) is 16.1. The second kappa shape index (κ2) is 9.14. The first-order valence-corrected chi connectivity index (χ1v) is 9.02. The molecule has 0 saturated heterocycles. The van der Waals surface area contributed by atoms with Crippen LogP contribution in [0.1, 0.15) is 27.9 Å². The zero-order chi connectivity index (χ0) is 21.6. The van der Waals surface area contributed by atoms with Crippen molar-refractivity contribution in [2.75, 3.05) is 7.11 Å². The van der Waals surface area contributed by atoms with E-state index in [9.17, 15) is 18.4 Å². The van der Waals surface area contributed by atoms with Crippen LogP contribution in [0.4, 0.5) is 13.2 Å². The largest absolute Gasteiger partial charge is 0.496 e. The molecule has 0 spiro atoms. The lowest BCUT2D eigenvalue weighted by Gasteiger charge is -2.13. The number of alkyl halides is 3. The number of thioether (sulfide) groups is 1. The van der Waals surface area contributed by atoms with Gasteiger partial charge < -0.3 is 4.74 Å². The van der Waals surface area contributed by atoms with Crippen LogP contribution >= 0.6 is 11.8 Å². The molecule has 0 unspecified atom stereocenters. The van der Waals surface area contributed by atoms with Crippen LogP contribution < -0.4 is 4.74 Å². The summed E-state index contributed by atoms with van der Waals surface area (Å²) in [5, 5.41) is 27.0. The molecule has 9 heteroatoms. The third-order valence-electron chi connectivity index (χ3n) is 3.81. The fraction of sp³-hybridized carbons (Fsp3) is 0.200. The predicted molar refractivity (Wildman–Crippen MR) is 100 cm³/mol. The minimum atomic E-state index is -4.62. The minimum Gasteiger partial charge on any atom is -0.496 e. The number of hydrogen-bond acceptors (Lipinski definition) is 6. The average molecular weight is 414 g/mol. The fourth-order valence-electron chi connectivity index (χ4n) is 2.43. The van der Waals surface area contributed by atoms with Gasteiger partial charge in [-0.05, 0) is 42.3 Å². The fourth-order valence-corrected chi connectivity index (χ4v) is 3.46. The number of benzene rings is 1. The molecule has 1 aromatic carbocycles. The quantitative estimate of drug-likeness (QED) is 0.504. The van der Waals surface area contributed by atoms with Crippen molar-refractivity contribution in [3.63, 3.8) is 0 Å². The third kappa shape index (κ3) is 5.28. The Labute approximate surface area is 169 Å². The SMILES string of the molecule is COc1ccc(C=C(C#N)C#N)cc1CSc1nc(C(F)(F)F)cc(C)c1C#N. The van der Waals surface area contributed by atoms with Crippen molar-refractivity contribution in [3.8, 4) is 24.0 Å². The topological polar surface area (TPSA) is 93.5 Å². The predicted octanol–water partition coefficient (Wildman–Crippen LogP) is 5.01. The average Bonchev–Trinajstić information content (AvgIpc) is 2.69. The van der Waals surface area contributed by atoms with Gasteiger partial charge in [-0.15, -0.1) is 11.8 Å². The maximum atomic E-state index is 13.1. The number of nitrogens with zero attached hydrogens (tertiary/aromatic N) is 4. The van der Waals surface area contributed by atoms with Gasteiger partial charge in [-0.1, -0.05) is 6.07 Å². The molecule has 0 atom stereocenters. The molecule has 0 radical (unpaired) electrons. The van der Waals surface area contributed by atoms with Gasteiger partial charge in [0.15, 0.2) is 0 Å². The van der Waals surface area contributed by atoms with Crippen LogP contribution in [0.3, 0.4) is 0 Å². The number of allylic oxidation sites excluding steroid dienone is 1. The van der Waals surface area contributed by atoms with Crippen LogP contribution in [0, 0.1) is 40.9 Å². The minimum absolute atomic E-state index is 0.0300. The van der Waals surface area contributed by atoms with Crippen molar-refractivity contribution in [1.29, 1.82) is 15.8 Å². The van der Waals surface area contributed by atoms with Crippen LogP contribution in [0.5, 0.6) is 5.75 Å². The summed E-state index contributed by atoms with van der Waals surface area (Å²) < 4.78 is 44.5. The Morgan fingerprint density at radius 1 is 1.21 bits per heavy atom. The molecule has 0 fully saturated rings. The lowest BCUT2D eigenvalue weighted by molar-refractivity contribution is -0.141. The molecular weight excluding hydrogens is 401 g/mol. The van der Waals surface area contributed by atoms with E-state index in [0.29, 0.717) is 16.9 Å². The highest BCUT2D eigenvalue weighted by Crippen LogP contribution is 2.35. The summed E-state index contributed by atoms with van der Waals surface area (Å²) in [7, 11) is 1.45. The molecule has 29 heavy (non-hydrogen) atoms. The van der Waals surface area contributed by atoms with E-state index in [1.165, 1.54) is 20.1 Å². The number of methoxy groups -OCH3 is 1. The summed E-state index contributed by atoms with van der Waals surface area (Å²) in [6, 6.07) is 11.2. The van der Waals surface area contributed by atoms with Gasteiger partial charge in [0.2, 0.25) is 0 Å². The first-order valence-electron chi connectivity index (χ1n) is 8.04. The smallest absolute Gasteiger partial charge is 0.433 e. The summed E-state index contributed by atoms with van der Waals surface area (Å²) in [5.74, 6) is 0.647. The first-order chi connectivity index (χ1) is 13.7. The standard InChI is InChI=1S/C20H13F3N4OS/c1-12-5-18(20(21,22)23)27-19(16(12)10-26)29-11-15-7-13(3-4-17(15)28-2)6-14(8-24)9-25/h3-7H,11H2,1-2H3. The first kappa shape index (κ1) is 21.8. The molecule has 146 valence electrons. The molecule has 0 aliphatic heterocycles. The summed E-state index contributed by atoms with van der Waals surface area (Å²) in [6.45, 7) is 1.43. The Morgan fingerprint density at radius 3 is 2.45 bits per heavy atom. The number of ether oxygens (including phenoxy) is 1. The van der Waals surface area contributed by atoms with Crippen LogP contribution in [-0.2, 0) is 11.9 Å². The van der Waals surface area contributed by atoms with Crippen LogP contribution in [0.25, 0.3) is 6.08 Å². The number of aryl methyl sites for hydroxylation is 1. The third-order valence-corrected chi connectivity index (χ3v) is 4.83. The second-order valence-corrected chi connectivity index (χ2v) is 6.72. The highest BCUT2D eigenvalue weighted by Gasteiger charge is 2.34. The number of aromatic nitrogens is 1. The summed E-state index contributed by atoms with van der Waals surface area (Å²) in [4.78, 5) is 3.62. The van der Waals surface area contributed by atoms with Gasteiger partial charge >= 0.3 is 6.18 Å². The molecule has 1 heterocycles. The lowest BCUT2D eigenvalue weighted by Crippen LogP contribution is -2.10. The molecular formula is C20H13F3N4OS. The zero-order valence-electron chi connectivity index (χ0n) is 15.3. The highest BCUT2D eigenvalue weighted by atomic mass is 32.2. The number of pyridine rings is 1. The van der Waals surface area contributed by atoms with E-state index in [4.69, 9.17) is 15.3 Å². The Bertz CT molecular complexity index is 1070. The van der Waals surface area contributed by atoms with E-state index < -0.39 is 11.9 Å². The normalized spacial score (nSPS) is 10.4. The number of hydrogen-bond donors (Lipinski definition) is 0. The van der Waals surface area contributed by atoms with Gasteiger partial charge in [0.25, 0.3) is 0 Å².